The van der Waals surface area contributed by atoms with Gasteiger partial charge in [0.15, 0.2) is 6.10 Å². The Bertz CT molecular complexity index is 704. The van der Waals surface area contributed by atoms with Crippen molar-refractivity contribution in [2.75, 3.05) is 37.2 Å². The van der Waals surface area contributed by atoms with Gasteiger partial charge in [0.1, 0.15) is 11.4 Å². The summed E-state index contributed by atoms with van der Waals surface area (Å²) in [6.07, 6.45) is 3.39. The Morgan fingerprint density at radius 1 is 1.26 bits per heavy atom. The molecule has 4 rings (SSSR count). The summed E-state index contributed by atoms with van der Waals surface area (Å²) in [7, 11) is 0. The Kier molecular flexibility index (Phi) is 7.36. The topological polar surface area (TPSA) is 93.6 Å². The highest BCUT2D eigenvalue weighted by molar-refractivity contribution is 6.34. The van der Waals surface area contributed by atoms with Gasteiger partial charge in [0.05, 0.1) is 10.7 Å². The largest absolute Gasteiger partial charge is 0.478 e. The third kappa shape index (κ3) is 4.19. The molecule has 2 fully saturated rings. The number of piperidine rings is 2. The minimum atomic E-state index is -0.639. The van der Waals surface area contributed by atoms with Crippen molar-refractivity contribution in [3.8, 4) is 5.75 Å². The van der Waals surface area contributed by atoms with E-state index >= 15 is 0 Å². The van der Waals surface area contributed by atoms with Crippen LogP contribution < -0.4 is 21.5 Å². The number of carbonyl (C=O) groups is 1. The number of amides is 1. The fourth-order valence-electron chi connectivity index (χ4n) is 4.56. The minimum absolute atomic E-state index is 0. The lowest BCUT2D eigenvalue weighted by atomic mass is 9.75. The van der Waals surface area contributed by atoms with Gasteiger partial charge in [-0.1, -0.05) is 11.6 Å². The summed E-state index contributed by atoms with van der Waals surface area (Å²) < 4.78 is 6.09. The quantitative estimate of drug-likeness (QED) is 0.618. The average Bonchev–Trinajstić information content (AvgIpc) is 2.82. The van der Waals surface area contributed by atoms with E-state index in [0.29, 0.717) is 46.9 Å². The predicted octanol–water partition coefficient (Wildman–Crippen LogP) is 3.01. The Balaban J connectivity index is 0.00000131. The number of hydrogen-bond donors (Lipinski definition) is 3. The second-order valence-electron chi connectivity index (χ2n) is 7.39. The van der Waals surface area contributed by atoms with Crippen molar-refractivity contribution >= 4 is 53.7 Å². The van der Waals surface area contributed by atoms with Gasteiger partial charge in [0.2, 0.25) is 0 Å². The minimum Gasteiger partial charge on any atom is -0.478 e. The van der Waals surface area contributed by atoms with Gasteiger partial charge in [-0.15, -0.1) is 24.8 Å². The fourth-order valence-corrected chi connectivity index (χ4v) is 4.78. The number of anilines is 2. The van der Waals surface area contributed by atoms with E-state index in [4.69, 9.17) is 27.8 Å². The maximum absolute atomic E-state index is 11.7. The molecule has 0 saturated carbocycles. The van der Waals surface area contributed by atoms with E-state index in [1.54, 1.807) is 0 Å². The van der Waals surface area contributed by atoms with Crippen molar-refractivity contribution in [1.82, 2.24) is 4.90 Å². The Morgan fingerprint density at radius 2 is 2.04 bits per heavy atom. The number of rotatable bonds is 2. The van der Waals surface area contributed by atoms with Crippen molar-refractivity contribution in [2.45, 2.75) is 37.7 Å². The number of ether oxygens (including phenoxy) is 1. The lowest BCUT2D eigenvalue weighted by molar-refractivity contribution is -0.124. The molecule has 9 heteroatoms. The van der Waals surface area contributed by atoms with Crippen LogP contribution in [0.2, 0.25) is 5.02 Å². The highest BCUT2D eigenvalue weighted by Gasteiger charge is 2.37. The monoisotopic (exact) mass is 436 g/mol. The number of nitrogen functional groups attached to an aromatic ring is 1. The normalized spacial score (nSPS) is 28.9. The zero-order valence-electron chi connectivity index (χ0n) is 15.1. The van der Waals surface area contributed by atoms with Crippen LogP contribution in [-0.2, 0) is 4.79 Å². The molecule has 3 aliphatic rings. The molecule has 1 aromatic rings. The summed E-state index contributed by atoms with van der Waals surface area (Å²) in [5, 5.41) is 3.84. The van der Waals surface area contributed by atoms with Gasteiger partial charge < -0.3 is 26.4 Å². The van der Waals surface area contributed by atoms with Gasteiger partial charge in [0, 0.05) is 25.1 Å². The number of hydrogen-bond acceptors (Lipinski definition) is 5. The number of nitrogens with zero attached hydrogens (tertiary/aromatic N) is 1. The van der Waals surface area contributed by atoms with Gasteiger partial charge in [0.25, 0.3) is 5.91 Å². The number of nitrogens with two attached hydrogens (primary N) is 2. The average molecular weight is 438 g/mol. The first-order chi connectivity index (χ1) is 12.0. The number of fused-ring (bicyclic) bond motifs is 3. The van der Waals surface area contributed by atoms with Gasteiger partial charge in [-0.3, -0.25) is 4.79 Å². The van der Waals surface area contributed by atoms with Crippen LogP contribution in [0.1, 0.15) is 37.2 Å². The molecule has 6 nitrogen and oxygen atoms in total. The maximum atomic E-state index is 11.7. The Labute approximate surface area is 177 Å². The lowest BCUT2D eigenvalue weighted by Gasteiger charge is -2.43. The van der Waals surface area contributed by atoms with Gasteiger partial charge >= 0.3 is 0 Å². The van der Waals surface area contributed by atoms with Gasteiger partial charge in [-0.05, 0) is 50.3 Å². The number of primary amides is 1. The molecular formula is C18H27Cl3N4O2. The molecule has 0 aliphatic carbocycles. The van der Waals surface area contributed by atoms with E-state index in [1.807, 2.05) is 6.07 Å². The summed E-state index contributed by atoms with van der Waals surface area (Å²) in [5.74, 6) is 1.19. The van der Waals surface area contributed by atoms with Crippen molar-refractivity contribution in [3.05, 3.63) is 16.7 Å². The molecule has 2 saturated heterocycles. The predicted molar refractivity (Wildman–Crippen MR) is 114 cm³/mol. The van der Waals surface area contributed by atoms with Crippen LogP contribution in [0.15, 0.2) is 6.07 Å². The second kappa shape index (κ2) is 8.95. The van der Waals surface area contributed by atoms with E-state index in [1.165, 1.54) is 19.4 Å². The molecule has 27 heavy (non-hydrogen) atoms. The van der Waals surface area contributed by atoms with Crippen LogP contribution in [-0.4, -0.2) is 43.1 Å². The SMILES string of the molecule is Cl.Cl.NC(=O)C1CCNc2c(N)c(Cl)cc(C3CCN4CCCC3C4)c2O1. The van der Waals surface area contributed by atoms with Crippen LogP contribution in [0.5, 0.6) is 5.75 Å². The molecule has 4 atom stereocenters. The Hall–Kier alpha value is -1.08. The lowest BCUT2D eigenvalue weighted by Crippen LogP contribution is -2.43. The first kappa shape index (κ1) is 22.2. The zero-order chi connectivity index (χ0) is 17.6. The zero-order valence-corrected chi connectivity index (χ0v) is 17.5. The van der Waals surface area contributed by atoms with Crippen LogP contribution in [0.4, 0.5) is 11.4 Å². The summed E-state index contributed by atoms with van der Waals surface area (Å²) in [6, 6.07) is 1.94. The van der Waals surface area contributed by atoms with E-state index < -0.39 is 12.0 Å². The molecule has 5 N–H and O–H groups in total. The van der Waals surface area contributed by atoms with E-state index in [0.717, 1.165) is 25.1 Å². The Morgan fingerprint density at radius 3 is 2.78 bits per heavy atom. The third-order valence-corrected chi connectivity index (χ3v) is 6.16. The molecule has 152 valence electrons. The van der Waals surface area contributed by atoms with Crippen LogP contribution >= 0.6 is 36.4 Å². The molecule has 3 aliphatic heterocycles. The van der Waals surface area contributed by atoms with E-state index in [-0.39, 0.29) is 24.8 Å². The maximum Gasteiger partial charge on any atom is 0.258 e. The van der Waals surface area contributed by atoms with Crippen LogP contribution in [0, 0.1) is 5.92 Å². The molecule has 2 bridgehead atoms. The summed E-state index contributed by atoms with van der Waals surface area (Å²) in [4.78, 5) is 14.3. The molecule has 0 radical (unpaired) electrons. The van der Waals surface area contributed by atoms with Crippen molar-refractivity contribution in [3.63, 3.8) is 0 Å². The molecule has 0 spiro atoms. The molecular weight excluding hydrogens is 411 g/mol. The van der Waals surface area contributed by atoms with Gasteiger partial charge in [-0.25, -0.2) is 0 Å². The molecule has 3 heterocycles. The summed E-state index contributed by atoms with van der Waals surface area (Å²) >= 11 is 6.43. The summed E-state index contributed by atoms with van der Waals surface area (Å²) in [6.45, 7) is 3.98. The van der Waals surface area contributed by atoms with Crippen molar-refractivity contribution < 1.29 is 9.53 Å². The first-order valence-electron chi connectivity index (χ1n) is 9.08. The number of benzene rings is 1. The molecule has 1 amide bonds. The fraction of sp³-hybridized carbons (Fsp3) is 0.611. The molecule has 0 aromatic heterocycles. The number of halogens is 3. The standard InChI is InChI=1S/C18H25ClN4O2.2ClH/c19-13-8-12(11-4-7-23-6-1-2-10(11)9-23)17-16(15(13)20)22-5-3-14(25-17)18(21)24;;/h8,10-11,14,22H,1-7,9,20H2,(H2,21,24);2*1H. The van der Waals surface area contributed by atoms with E-state index in [2.05, 4.69) is 10.2 Å². The molecule has 4 unspecified atom stereocenters. The van der Waals surface area contributed by atoms with Crippen LogP contribution in [0.3, 0.4) is 0 Å². The van der Waals surface area contributed by atoms with Crippen molar-refractivity contribution in [1.29, 1.82) is 0 Å². The number of carbonyl (C=O) groups excluding carboxylic acids is 1. The summed E-state index contributed by atoms with van der Waals surface area (Å²) in [5.41, 5.74) is 14.0. The van der Waals surface area contributed by atoms with Crippen LogP contribution in [0.25, 0.3) is 0 Å². The smallest absolute Gasteiger partial charge is 0.258 e. The second-order valence-corrected chi connectivity index (χ2v) is 7.80. The van der Waals surface area contributed by atoms with E-state index in [9.17, 15) is 4.79 Å². The van der Waals surface area contributed by atoms with Gasteiger partial charge in [-0.2, -0.15) is 0 Å². The molecule has 1 aromatic carbocycles. The highest BCUT2D eigenvalue weighted by atomic mass is 35.5. The third-order valence-electron chi connectivity index (χ3n) is 5.85. The number of nitrogens with one attached hydrogen (secondary N) is 1. The highest BCUT2D eigenvalue weighted by Crippen LogP contribution is 2.49. The van der Waals surface area contributed by atoms with Crippen molar-refractivity contribution in [2.24, 2.45) is 11.7 Å². The first-order valence-corrected chi connectivity index (χ1v) is 9.46.